The first-order chi connectivity index (χ1) is 28.3. The molecule has 0 aliphatic rings. The van der Waals surface area contributed by atoms with E-state index in [1.807, 2.05) is 12.1 Å². The smallest absolute Gasteiger partial charge is 0.136 e. The molecule has 3 heteroatoms. The molecule has 0 bridgehead atoms. The van der Waals surface area contributed by atoms with Crippen molar-refractivity contribution in [2.45, 2.75) is 0 Å². The van der Waals surface area contributed by atoms with Crippen LogP contribution in [0.5, 0.6) is 0 Å². The number of nitrogens with zero attached hydrogens (tertiary/aromatic N) is 2. The number of furan rings is 1. The van der Waals surface area contributed by atoms with Gasteiger partial charge in [0.1, 0.15) is 11.2 Å². The Labute approximate surface area is 330 Å². The zero-order chi connectivity index (χ0) is 37.7. The molecule has 0 N–H and O–H groups in total. The van der Waals surface area contributed by atoms with Gasteiger partial charge in [0.15, 0.2) is 0 Å². The van der Waals surface area contributed by atoms with Gasteiger partial charge < -0.3 is 13.9 Å². The van der Waals surface area contributed by atoms with Crippen LogP contribution in [0.25, 0.3) is 82.8 Å². The van der Waals surface area contributed by atoms with E-state index in [2.05, 4.69) is 216 Å². The van der Waals surface area contributed by atoms with Gasteiger partial charge in [-0.1, -0.05) is 152 Å². The summed E-state index contributed by atoms with van der Waals surface area (Å²) in [7, 11) is 0. The average molecular weight is 729 g/mol. The molecule has 2 aromatic heterocycles. The maximum absolute atomic E-state index is 6.39. The molecule has 11 rings (SSSR count). The van der Waals surface area contributed by atoms with Gasteiger partial charge in [-0.2, -0.15) is 0 Å². The van der Waals surface area contributed by atoms with E-state index < -0.39 is 0 Å². The van der Waals surface area contributed by atoms with Gasteiger partial charge in [-0.05, 0) is 94.5 Å². The van der Waals surface area contributed by atoms with E-state index in [9.17, 15) is 0 Å². The first kappa shape index (κ1) is 32.8. The van der Waals surface area contributed by atoms with Crippen molar-refractivity contribution in [3.05, 3.63) is 218 Å². The van der Waals surface area contributed by atoms with E-state index in [0.717, 1.165) is 55.8 Å². The van der Waals surface area contributed by atoms with Crippen molar-refractivity contribution in [3.63, 3.8) is 0 Å². The summed E-state index contributed by atoms with van der Waals surface area (Å²) in [6, 6.07) is 78.2. The van der Waals surface area contributed by atoms with Gasteiger partial charge in [0, 0.05) is 44.2 Å². The second-order valence-corrected chi connectivity index (χ2v) is 14.5. The Morgan fingerprint density at radius 2 is 0.895 bits per heavy atom. The molecule has 0 aliphatic carbocycles. The summed E-state index contributed by atoms with van der Waals surface area (Å²) in [5.41, 5.74) is 15.4. The van der Waals surface area contributed by atoms with E-state index in [-0.39, 0.29) is 0 Å². The molecule has 0 saturated heterocycles. The normalized spacial score (nSPS) is 11.5. The molecule has 0 amide bonds. The second-order valence-electron chi connectivity index (χ2n) is 14.5. The van der Waals surface area contributed by atoms with Crippen molar-refractivity contribution in [2.24, 2.45) is 0 Å². The molecular weight excluding hydrogens is 693 g/mol. The van der Waals surface area contributed by atoms with Crippen LogP contribution in [0.1, 0.15) is 0 Å². The lowest BCUT2D eigenvalue weighted by atomic mass is 9.94. The average Bonchev–Trinajstić information content (AvgIpc) is 3.83. The van der Waals surface area contributed by atoms with Crippen LogP contribution in [0.4, 0.5) is 17.1 Å². The van der Waals surface area contributed by atoms with E-state index in [1.54, 1.807) is 0 Å². The van der Waals surface area contributed by atoms with Crippen molar-refractivity contribution in [3.8, 4) is 39.1 Å². The number of benzene rings is 9. The lowest BCUT2D eigenvalue weighted by molar-refractivity contribution is 0.669. The minimum Gasteiger partial charge on any atom is -0.456 e. The molecule has 9 aromatic carbocycles. The van der Waals surface area contributed by atoms with E-state index in [1.165, 1.54) is 44.1 Å². The Balaban J connectivity index is 1.09. The lowest BCUT2D eigenvalue weighted by Crippen LogP contribution is -2.11. The number of aromatic nitrogens is 1. The minimum atomic E-state index is 0.879. The van der Waals surface area contributed by atoms with Crippen molar-refractivity contribution < 1.29 is 4.42 Å². The highest BCUT2D eigenvalue weighted by Gasteiger charge is 2.20. The summed E-state index contributed by atoms with van der Waals surface area (Å²) in [4.78, 5) is 2.39. The fourth-order valence-electron chi connectivity index (χ4n) is 8.60. The van der Waals surface area contributed by atoms with Gasteiger partial charge in [-0.25, -0.2) is 0 Å². The molecule has 0 unspecified atom stereocenters. The zero-order valence-electron chi connectivity index (χ0n) is 31.1. The molecule has 0 atom stereocenters. The Kier molecular flexibility index (Phi) is 7.82. The third-order valence-electron chi connectivity index (χ3n) is 11.2. The highest BCUT2D eigenvalue weighted by molar-refractivity contribution is 6.09. The van der Waals surface area contributed by atoms with Crippen molar-refractivity contribution in [1.29, 1.82) is 0 Å². The molecular formula is C54H36N2O. The van der Waals surface area contributed by atoms with Crippen LogP contribution in [0.15, 0.2) is 223 Å². The third kappa shape index (κ3) is 5.60. The Morgan fingerprint density at radius 3 is 1.63 bits per heavy atom. The lowest BCUT2D eigenvalue weighted by Gasteiger charge is -2.28. The molecule has 268 valence electrons. The number of rotatable bonds is 7. The maximum atomic E-state index is 6.39. The third-order valence-corrected chi connectivity index (χ3v) is 11.2. The summed E-state index contributed by atoms with van der Waals surface area (Å²) in [5, 5.41) is 4.74. The molecule has 0 radical (unpaired) electrons. The molecule has 0 aliphatic heterocycles. The quantitative estimate of drug-likeness (QED) is 0.163. The number of hydrogen-bond donors (Lipinski definition) is 0. The predicted molar refractivity (Wildman–Crippen MR) is 239 cm³/mol. The first-order valence-electron chi connectivity index (χ1n) is 19.4. The highest BCUT2D eigenvalue weighted by atomic mass is 16.3. The molecule has 0 saturated carbocycles. The summed E-state index contributed by atoms with van der Waals surface area (Å²) in [6.45, 7) is 0. The van der Waals surface area contributed by atoms with Gasteiger partial charge in [0.05, 0.1) is 16.7 Å². The van der Waals surface area contributed by atoms with Gasteiger partial charge in [-0.3, -0.25) is 0 Å². The van der Waals surface area contributed by atoms with E-state index in [0.29, 0.717) is 0 Å². The van der Waals surface area contributed by atoms with Crippen LogP contribution in [-0.4, -0.2) is 4.57 Å². The predicted octanol–water partition coefficient (Wildman–Crippen LogP) is 15.2. The molecule has 3 nitrogen and oxygen atoms in total. The van der Waals surface area contributed by atoms with E-state index >= 15 is 0 Å². The van der Waals surface area contributed by atoms with Crippen molar-refractivity contribution in [2.75, 3.05) is 4.90 Å². The first-order valence-corrected chi connectivity index (χ1v) is 19.4. The number of fused-ring (bicyclic) bond motifs is 6. The second kappa shape index (κ2) is 13.6. The highest BCUT2D eigenvalue weighted by Crippen LogP contribution is 2.44. The Hall–Kier alpha value is -7.62. The molecule has 57 heavy (non-hydrogen) atoms. The number of anilines is 3. The Morgan fingerprint density at radius 1 is 0.333 bits per heavy atom. The van der Waals surface area contributed by atoms with Gasteiger partial charge >= 0.3 is 0 Å². The summed E-state index contributed by atoms with van der Waals surface area (Å²) < 4.78 is 8.78. The van der Waals surface area contributed by atoms with Gasteiger partial charge in [0.2, 0.25) is 0 Å². The van der Waals surface area contributed by atoms with Crippen LogP contribution in [0, 0.1) is 0 Å². The molecule has 11 aromatic rings. The van der Waals surface area contributed by atoms with Crippen LogP contribution in [0.3, 0.4) is 0 Å². The molecule has 0 fully saturated rings. The largest absolute Gasteiger partial charge is 0.456 e. The zero-order valence-corrected chi connectivity index (χ0v) is 31.1. The minimum absolute atomic E-state index is 0.879. The van der Waals surface area contributed by atoms with Crippen LogP contribution < -0.4 is 4.90 Å². The van der Waals surface area contributed by atoms with Crippen LogP contribution >= 0.6 is 0 Å². The summed E-state index contributed by atoms with van der Waals surface area (Å²) in [6.07, 6.45) is 0. The number of hydrogen-bond acceptors (Lipinski definition) is 2. The monoisotopic (exact) mass is 728 g/mol. The van der Waals surface area contributed by atoms with Crippen molar-refractivity contribution in [1.82, 2.24) is 4.57 Å². The van der Waals surface area contributed by atoms with Gasteiger partial charge in [0.25, 0.3) is 0 Å². The summed E-state index contributed by atoms with van der Waals surface area (Å²) in [5.74, 6) is 0. The van der Waals surface area contributed by atoms with Crippen LogP contribution in [-0.2, 0) is 0 Å². The summed E-state index contributed by atoms with van der Waals surface area (Å²) >= 11 is 0. The maximum Gasteiger partial charge on any atom is 0.136 e. The molecule has 0 spiro atoms. The standard InChI is InChI=1S/C54H36N2O/c1-2-15-37(16-3-1)43-19-4-5-20-44(43)38-29-32-40(33-30-38)55(41-17-14-18-42(36-41)56-51-26-11-7-22-46(51)47-23-8-12-27-52(47)56)50-25-10-6-21-45(50)39-31-34-49-48-24-9-13-28-53(48)57-54(49)35-39/h1-36H. The topological polar surface area (TPSA) is 21.3 Å². The SMILES string of the molecule is c1ccc(-c2ccccc2-c2ccc(N(c3cccc(-n4c5ccccc5c5ccccc54)c3)c3ccccc3-c3ccc4c(c3)oc3ccccc34)cc2)cc1. The van der Waals surface area contributed by atoms with E-state index in [4.69, 9.17) is 4.42 Å². The Bertz CT molecular complexity index is 3190. The number of para-hydroxylation sites is 4. The molecule has 2 heterocycles. The van der Waals surface area contributed by atoms with Crippen LogP contribution in [0.2, 0.25) is 0 Å². The van der Waals surface area contributed by atoms with Crippen molar-refractivity contribution >= 4 is 60.8 Å². The van der Waals surface area contributed by atoms with Gasteiger partial charge in [-0.15, -0.1) is 0 Å². The fraction of sp³-hybridized carbons (Fsp3) is 0. The fourth-order valence-corrected chi connectivity index (χ4v) is 8.60.